The molecule has 2 heteroatoms. The van der Waals surface area contributed by atoms with Gasteiger partial charge in [-0.05, 0) is 51.0 Å². The molecule has 1 aliphatic carbocycles. The van der Waals surface area contributed by atoms with Crippen molar-refractivity contribution in [3.8, 4) is 0 Å². The molecule has 0 aromatic carbocycles. The summed E-state index contributed by atoms with van der Waals surface area (Å²) in [7, 11) is 2.24. The Morgan fingerprint density at radius 2 is 1.44 bits per heavy atom. The van der Waals surface area contributed by atoms with Gasteiger partial charge in [-0.1, -0.05) is 20.8 Å². The molecule has 1 saturated heterocycles. The molecule has 0 aromatic rings. The van der Waals surface area contributed by atoms with Crippen LogP contribution in [0.25, 0.3) is 0 Å². The van der Waals surface area contributed by atoms with E-state index in [1.165, 1.54) is 45.4 Å². The van der Waals surface area contributed by atoms with Gasteiger partial charge in [0.2, 0.25) is 0 Å². The SMILES string of the molecule is CN1CCN(C(C)(C)CC(C)(C)C2(C)CC2)CC1. The number of piperazine rings is 1. The molecular formula is C16H32N2. The molecule has 0 unspecified atom stereocenters. The lowest BCUT2D eigenvalue weighted by Crippen LogP contribution is -2.55. The lowest BCUT2D eigenvalue weighted by Gasteiger charge is -2.48. The van der Waals surface area contributed by atoms with Crippen molar-refractivity contribution in [3.05, 3.63) is 0 Å². The highest BCUT2D eigenvalue weighted by atomic mass is 15.3. The maximum atomic E-state index is 2.71. The third-order valence-electron chi connectivity index (χ3n) is 5.87. The summed E-state index contributed by atoms with van der Waals surface area (Å²) < 4.78 is 0. The molecule has 0 aromatic heterocycles. The average Bonchev–Trinajstić information content (AvgIpc) is 2.97. The first-order valence-corrected chi connectivity index (χ1v) is 7.60. The van der Waals surface area contributed by atoms with Crippen LogP contribution in [0, 0.1) is 10.8 Å². The van der Waals surface area contributed by atoms with E-state index in [0.717, 1.165) is 0 Å². The molecule has 1 aliphatic heterocycles. The number of nitrogens with zero attached hydrogens (tertiary/aromatic N) is 2. The van der Waals surface area contributed by atoms with Crippen LogP contribution in [-0.2, 0) is 0 Å². The summed E-state index contributed by atoms with van der Waals surface area (Å²) in [5.41, 5.74) is 1.42. The van der Waals surface area contributed by atoms with Crippen molar-refractivity contribution in [2.75, 3.05) is 33.2 Å². The van der Waals surface area contributed by atoms with Gasteiger partial charge in [0.25, 0.3) is 0 Å². The number of hydrogen-bond donors (Lipinski definition) is 0. The molecule has 0 N–H and O–H groups in total. The van der Waals surface area contributed by atoms with E-state index in [-0.39, 0.29) is 0 Å². The largest absolute Gasteiger partial charge is 0.304 e. The van der Waals surface area contributed by atoms with Crippen molar-refractivity contribution in [2.24, 2.45) is 10.8 Å². The summed E-state index contributed by atoms with van der Waals surface area (Å²) in [6.07, 6.45) is 4.18. The highest BCUT2D eigenvalue weighted by Crippen LogP contribution is 2.60. The second-order valence-electron chi connectivity index (χ2n) is 8.22. The van der Waals surface area contributed by atoms with E-state index in [2.05, 4.69) is 51.5 Å². The van der Waals surface area contributed by atoms with Gasteiger partial charge in [-0.15, -0.1) is 0 Å². The summed E-state index contributed by atoms with van der Waals surface area (Å²) in [5.74, 6) is 0. The van der Waals surface area contributed by atoms with Gasteiger partial charge in [0.15, 0.2) is 0 Å². The van der Waals surface area contributed by atoms with E-state index in [4.69, 9.17) is 0 Å². The van der Waals surface area contributed by atoms with Crippen molar-refractivity contribution in [1.82, 2.24) is 9.80 Å². The standard InChI is InChI=1S/C16H32N2/c1-14(2,16(5)7-8-16)13-15(3,4)18-11-9-17(6)10-12-18/h7-13H2,1-6H3. The third kappa shape index (κ3) is 2.75. The fourth-order valence-corrected chi connectivity index (χ4v) is 3.68. The van der Waals surface area contributed by atoms with E-state index >= 15 is 0 Å². The van der Waals surface area contributed by atoms with Gasteiger partial charge in [0.1, 0.15) is 0 Å². The number of hydrogen-bond acceptors (Lipinski definition) is 2. The van der Waals surface area contributed by atoms with Crippen molar-refractivity contribution in [2.45, 2.75) is 59.4 Å². The summed E-state index contributed by atoms with van der Waals surface area (Å²) in [6, 6.07) is 0. The van der Waals surface area contributed by atoms with Crippen molar-refractivity contribution >= 4 is 0 Å². The molecule has 106 valence electrons. The van der Waals surface area contributed by atoms with Crippen molar-refractivity contribution in [3.63, 3.8) is 0 Å². The van der Waals surface area contributed by atoms with E-state index in [0.29, 0.717) is 16.4 Å². The lowest BCUT2D eigenvalue weighted by atomic mass is 9.69. The molecule has 0 radical (unpaired) electrons. The maximum absolute atomic E-state index is 2.71. The van der Waals surface area contributed by atoms with Gasteiger partial charge in [0, 0.05) is 31.7 Å². The van der Waals surface area contributed by atoms with Gasteiger partial charge >= 0.3 is 0 Å². The highest BCUT2D eigenvalue weighted by molar-refractivity contribution is 5.03. The van der Waals surface area contributed by atoms with E-state index in [9.17, 15) is 0 Å². The van der Waals surface area contributed by atoms with Crippen LogP contribution in [0.5, 0.6) is 0 Å². The Kier molecular flexibility index (Phi) is 3.57. The Labute approximate surface area is 114 Å². The molecule has 0 spiro atoms. The summed E-state index contributed by atoms with van der Waals surface area (Å²) in [6.45, 7) is 17.3. The van der Waals surface area contributed by atoms with Crippen molar-refractivity contribution in [1.29, 1.82) is 0 Å². The monoisotopic (exact) mass is 252 g/mol. The lowest BCUT2D eigenvalue weighted by molar-refractivity contribution is 0.0148. The molecule has 1 saturated carbocycles. The van der Waals surface area contributed by atoms with Gasteiger partial charge in [-0.2, -0.15) is 0 Å². The van der Waals surface area contributed by atoms with Crippen LogP contribution >= 0.6 is 0 Å². The summed E-state index contributed by atoms with van der Waals surface area (Å²) in [5, 5.41) is 0. The van der Waals surface area contributed by atoms with Crippen LogP contribution in [-0.4, -0.2) is 48.6 Å². The van der Waals surface area contributed by atoms with Gasteiger partial charge < -0.3 is 4.90 Å². The van der Waals surface area contributed by atoms with E-state index < -0.39 is 0 Å². The number of rotatable bonds is 4. The topological polar surface area (TPSA) is 6.48 Å². The minimum Gasteiger partial charge on any atom is -0.304 e. The summed E-state index contributed by atoms with van der Waals surface area (Å²) >= 11 is 0. The Morgan fingerprint density at radius 1 is 0.944 bits per heavy atom. The Balaban J connectivity index is 1.98. The van der Waals surface area contributed by atoms with Crippen LogP contribution < -0.4 is 0 Å². The molecule has 0 atom stereocenters. The van der Waals surface area contributed by atoms with Gasteiger partial charge in [-0.3, -0.25) is 4.90 Å². The predicted octanol–water partition coefficient (Wildman–Crippen LogP) is 3.23. The highest BCUT2D eigenvalue weighted by Gasteiger charge is 2.52. The first-order valence-electron chi connectivity index (χ1n) is 7.60. The fraction of sp³-hybridized carbons (Fsp3) is 1.00. The van der Waals surface area contributed by atoms with E-state index in [1.54, 1.807) is 0 Å². The molecule has 2 aliphatic rings. The second kappa shape index (κ2) is 4.49. The number of likely N-dealkylation sites (N-methyl/N-ethyl adjacent to an activating group) is 1. The quantitative estimate of drug-likeness (QED) is 0.758. The second-order valence-corrected chi connectivity index (χ2v) is 8.22. The Hall–Kier alpha value is -0.0800. The zero-order chi connectivity index (χ0) is 13.6. The predicted molar refractivity (Wildman–Crippen MR) is 78.9 cm³/mol. The molecular weight excluding hydrogens is 220 g/mol. The van der Waals surface area contributed by atoms with Crippen LogP contribution in [0.15, 0.2) is 0 Å². The van der Waals surface area contributed by atoms with Crippen LogP contribution in [0.2, 0.25) is 0 Å². The fourth-order valence-electron chi connectivity index (χ4n) is 3.68. The van der Waals surface area contributed by atoms with Crippen LogP contribution in [0.4, 0.5) is 0 Å². The average molecular weight is 252 g/mol. The normalized spacial score (nSPS) is 26.3. The molecule has 2 fully saturated rings. The summed E-state index contributed by atoms with van der Waals surface area (Å²) in [4.78, 5) is 5.15. The van der Waals surface area contributed by atoms with Gasteiger partial charge in [-0.25, -0.2) is 0 Å². The molecule has 2 rings (SSSR count). The van der Waals surface area contributed by atoms with E-state index in [1.807, 2.05) is 0 Å². The first kappa shape index (κ1) is 14.3. The molecule has 2 nitrogen and oxygen atoms in total. The minimum atomic E-state index is 0.344. The first-order chi connectivity index (χ1) is 8.16. The third-order valence-corrected chi connectivity index (χ3v) is 5.87. The Morgan fingerprint density at radius 3 is 1.89 bits per heavy atom. The van der Waals surface area contributed by atoms with Crippen LogP contribution in [0.1, 0.15) is 53.9 Å². The molecule has 0 amide bonds. The van der Waals surface area contributed by atoms with Crippen molar-refractivity contribution < 1.29 is 0 Å². The zero-order valence-electron chi connectivity index (χ0n) is 13.3. The zero-order valence-corrected chi connectivity index (χ0v) is 13.3. The maximum Gasteiger partial charge on any atom is 0.0159 e. The van der Waals surface area contributed by atoms with Crippen LogP contribution in [0.3, 0.4) is 0 Å². The molecule has 0 bridgehead atoms. The van der Waals surface area contributed by atoms with Gasteiger partial charge in [0.05, 0.1) is 0 Å². The molecule has 18 heavy (non-hydrogen) atoms. The molecule has 1 heterocycles. The minimum absolute atomic E-state index is 0.344. The Bertz CT molecular complexity index is 294. The smallest absolute Gasteiger partial charge is 0.0159 e.